The minimum atomic E-state index is -1.16. The molecule has 4 N–H and O–H groups in total. The first-order chi connectivity index (χ1) is 7.45. The van der Waals surface area contributed by atoms with Crippen LogP contribution in [0.5, 0.6) is 0 Å². The largest absolute Gasteiger partial charge is 0.481 e. The minimum Gasteiger partial charge on any atom is -0.481 e. The Kier molecular flexibility index (Phi) is 2.16. The number of nitrogens with two attached hydrogens (primary N) is 1. The molecule has 86 valence electrons. The van der Waals surface area contributed by atoms with Gasteiger partial charge in [0.15, 0.2) is 0 Å². The molecule has 8 heteroatoms. The number of rotatable bonds is 3. The van der Waals surface area contributed by atoms with Gasteiger partial charge in [-0.1, -0.05) is 5.10 Å². The Morgan fingerprint density at radius 3 is 2.75 bits per heavy atom. The number of carboxylic acids is 1. The highest BCUT2D eigenvalue weighted by Crippen LogP contribution is 2.43. The van der Waals surface area contributed by atoms with Crippen molar-refractivity contribution in [1.82, 2.24) is 10.2 Å². The first kappa shape index (κ1) is 10.6. The number of carbonyl (C=O) groups is 1. The van der Waals surface area contributed by atoms with Crippen LogP contribution in [0.2, 0.25) is 0 Å². The third-order valence-electron chi connectivity index (χ3n) is 2.88. The van der Waals surface area contributed by atoms with E-state index in [1.807, 2.05) is 0 Å². The van der Waals surface area contributed by atoms with Crippen LogP contribution in [-0.2, 0) is 10.2 Å². The van der Waals surface area contributed by atoms with Gasteiger partial charge in [0.2, 0.25) is 0 Å². The third-order valence-corrected chi connectivity index (χ3v) is 2.88. The van der Waals surface area contributed by atoms with E-state index in [0.29, 0.717) is 0 Å². The first-order valence-corrected chi connectivity index (χ1v) is 4.65. The van der Waals surface area contributed by atoms with E-state index in [1.165, 1.54) is 0 Å². The van der Waals surface area contributed by atoms with E-state index in [4.69, 9.17) is 10.8 Å². The van der Waals surface area contributed by atoms with Crippen LogP contribution in [0.3, 0.4) is 0 Å². The molecule has 1 fully saturated rings. The molecule has 0 bridgehead atoms. The topological polar surface area (TPSA) is 135 Å². The van der Waals surface area contributed by atoms with Gasteiger partial charge in [0.05, 0.1) is 6.07 Å². The lowest BCUT2D eigenvalue weighted by molar-refractivity contribution is -0.389. The average molecular weight is 226 g/mol. The molecule has 1 heterocycles. The number of aliphatic carboxylic acids is 1. The van der Waals surface area contributed by atoms with Crippen molar-refractivity contribution < 1.29 is 14.8 Å². The Balaban J connectivity index is 2.34. The third kappa shape index (κ3) is 1.34. The number of nitro groups is 1. The first-order valence-electron chi connectivity index (χ1n) is 4.65. The summed E-state index contributed by atoms with van der Waals surface area (Å²) < 4.78 is 0. The predicted octanol–water partition coefficient (Wildman–Crippen LogP) is -0.239. The van der Waals surface area contributed by atoms with Crippen LogP contribution in [-0.4, -0.2) is 32.2 Å². The summed E-state index contributed by atoms with van der Waals surface area (Å²) in [6.07, 6.45) is 0.509. The van der Waals surface area contributed by atoms with Crippen molar-refractivity contribution in [3.8, 4) is 0 Å². The molecule has 0 saturated heterocycles. The maximum absolute atomic E-state index is 11.1. The van der Waals surface area contributed by atoms with Crippen LogP contribution < -0.4 is 5.73 Å². The summed E-state index contributed by atoms with van der Waals surface area (Å²) in [6, 6.07) is 0.965. The van der Waals surface area contributed by atoms with E-state index in [1.54, 1.807) is 0 Å². The Hall–Kier alpha value is -1.96. The smallest absolute Gasteiger partial charge is 0.342 e. The SMILES string of the molecule is NC1CC(C(=O)O)(c2cc([N+](=O)[O-])[nH]n2)C1. The Morgan fingerprint density at radius 1 is 1.75 bits per heavy atom. The summed E-state index contributed by atoms with van der Waals surface area (Å²) in [5, 5.41) is 25.4. The Morgan fingerprint density at radius 2 is 2.38 bits per heavy atom. The normalized spacial score (nSPS) is 28.4. The molecule has 0 amide bonds. The second kappa shape index (κ2) is 3.27. The Labute approximate surface area is 89.6 Å². The summed E-state index contributed by atoms with van der Waals surface area (Å²) in [4.78, 5) is 20.9. The summed E-state index contributed by atoms with van der Waals surface area (Å²) >= 11 is 0. The summed E-state index contributed by atoms with van der Waals surface area (Å²) in [7, 11) is 0. The lowest BCUT2D eigenvalue weighted by Crippen LogP contribution is -2.54. The molecule has 16 heavy (non-hydrogen) atoms. The molecule has 2 rings (SSSR count). The zero-order valence-electron chi connectivity index (χ0n) is 8.21. The molecule has 1 aliphatic carbocycles. The van der Waals surface area contributed by atoms with Gasteiger partial charge in [0.25, 0.3) is 0 Å². The number of hydrogen-bond acceptors (Lipinski definition) is 5. The molecule has 0 radical (unpaired) electrons. The highest BCUT2D eigenvalue weighted by molar-refractivity contribution is 5.82. The van der Waals surface area contributed by atoms with Gasteiger partial charge in [0, 0.05) is 6.04 Å². The fraction of sp³-hybridized carbons (Fsp3) is 0.500. The molecule has 1 aromatic heterocycles. The lowest BCUT2D eigenvalue weighted by atomic mass is 9.64. The van der Waals surface area contributed by atoms with E-state index in [2.05, 4.69) is 10.2 Å². The summed E-state index contributed by atoms with van der Waals surface area (Å²) in [5.41, 5.74) is 4.57. The van der Waals surface area contributed by atoms with Crippen LogP contribution in [0, 0.1) is 10.1 Å². The fourth-order valence-electron chi connectivity index (χ4n) is 1.98. The number of aromatic nitrogens is 2. The van der Waals surface area contributed by atoms with Crippen molar-refractivity contribution in [1.29, 1.82) is 0 Å². The molecule has 0 spiro atoms. The standard InChI is InChI=1S/C8H10N4O4/c9-4-2-8(3-4,7(13)14)5-1-6(11-10-5)12(15)16/h1,4H,2-3,9H2,(H,10,11)(H,13,14). The zero-order valence-corrected chi connectivity index (χ0v) is 8.21. The molecular formula is C8H10N4O4. The zero-order chi connectivity index (χ0) is 11.9. The Bertz CT molecular complexity index is 449. The van der Waals surface area contributed by atoms with Crippen molar-refractivity contribution in [3.63, 3.8) is 0 Å². The molecule has 0 unspecified atom stereocenters. The van der Waals surface area contributed by atoms with Gasteiger partial charge >= 0.3 is 11.8 Å². The van der Waals surface area contributed by atoms with Crippen molar-refractivity contribution in [2.75, 3.05) is 0 Å². The molecule has 0 aliphatic heterocycles. The van der Waals surface area contributed by atoms with Crippen LogP contribution in [0.1, 0.15) is 18.5 Å². The lowest BCUT2D eigenvalue weighted by Gasteiger charge is -2.40. The fourth-order valence-corrected chi connectivity index (χ4v) is 1.98. The molecule has 1 aromatic rings. The van der Waals surface area contributed by atoms with Gasteiger partial charge in [-0.2, -0.15) is 0 Å². The van der Waals surface area contributed by atoms with Crippen molar-refractivity contribution >= 4 is 11.8 Å². The number of nitrogens with zero attached hydrogens (tertiary/aromatic N) is 2. The summed E-state index contributed by atoms with van der Waals surface area (Å²) in [6.45, 7) is 0. The van der Waals surface area contributed by atoms with E-state index >= 15 is 0 Å². The summed E-state index contributed by atoms with van der Waals surface area (Å²) in [5.74, 6) is -1.35. The van der Waals surface area contributed by atoms with Gasteiger partial charge in [-0.25, -0.2) is 0 Å². The van der Waals surface area contributed by atoms with Crippen LogP contribution in [0.15, 0.2) is 6.07 Å². The average Bonchev–Trinajstić information content (AvgIpc) is 2.60. The predicted molar refractivity (Wildman–Crippen MR) is 51.8 cm³/mol. The molecule has 8 nitrogen and oxygen atoms in total. The van der Waals surface area contributed by atoms with Crippen molar-refractivity contribution in [2.45, 2.75) is 24.3 Å². The maximum Gasteiger partial charge on any atom is 0.342 e. The second-order valence-corrected chi connectivity index (χ2v) is 3.95. The van der Waals surface area contributed by atoms with E-state index < -0.39 is 16.3 Å². The monoisotopic (exact) mass is 226 g/mol. The number of carboxylic acid groups (broad SMARTS) is 1. The van der Waals surface area contributed by atoms with Gasteiger partial charge in [0.1, 0.15) is 11.1 Å². The number of H-pyrrole nitrogens is 1. The van der Waals surface area contributed by atoms with E-state index in [-0.39, 0.29) is 30.4 Å². The van der Waals surface area contributed by atoms with Crippen molar-refractivity contribution in [3.05, 3.63) is 21.9 Å². The molecule has 1 aliphatic rings. The van der Waals surface area contributed by atoms with Crippen molar-refractivity contribution in [2.24, 2.45) is 5.73 Å². The molecular weight excluding hydrogens is 216 g/mol. The van der Waals surface area contributed by atoms with E-state index in [0.717, 1.165) is 6.07 Å². The maximum atomic E-state index is 11.1. The van der Waals surface area contributed by atoms with Gasteiger partial charge in [-0.15, -0.1) is 5.10 Å². The number of aromatic amines is 1. The second-order valence-electron chi connectivity index (χ2n) is 3.95. The molecule has 1 saturated carbocycles. The quantitative estimate of drug-likeness (QED) is 0.480. The number of nitrogens with one attached hydrogen (secondary N) is 1. The van der Waals surface area contributed by atoms with Crippen LogP contribution >= 0.6 is 0 Å². The highest BCUT2D eigenvalue weighted by Gasteiger charge is 2.53. The molecule has 0 atom stereocenters. The number of hydrogen-bond donors (Lipinski definition) is 3. The minimum absolute atomic E-state index is 0.174. The van der Waals surface area contributed by atoms with Gasteiger partial charge < -0.3 is 21.0 Å². The van der Waals surface area contributed by atoms with Gasteiger partial charge in [-0.3, -0.25) is 4.79 Å². The van der Waals surface area contributed by atoms with Crippen LogP contribution in [0.25, 0.3) is 0 Å². The van der Waals surface area contributed by atoms with Gasteiger partial charge in [-0.05, 0) is 17.8 Å². The van der Waals surface area contributed by atoms with E-state index in [9.17, 15) is 14.9 Å². The molecule has 0 aromatic carbocycles. The highest BCUT2D eigenvalue weighted by atomic mass is 16.6. The van der Waals surface area contributed by atoms with Crippen LogP contribution in [0.4, 0.5) is 5.82 Å².